The van der Waals surface area contributed by atoms with Crippen LogP contribution in [-0.4, -0.2) is 36.9 Å². The molecule has 20 heavy (non-hydrogen) atoms. The number of fused-ring (bicyclic) bond motifs is 1. The predicted molar refractivity (Wildman–Crippen MR) is 80.3 cm³/mol. The maximum atomic E-state index is 11.3. The lowest BCUT2D eigenvalue weighted by Crippen LogP contribution is -2.23. The maximum Gasteiger partial charge on any atom is 0.147 e. The normalized spacial score (nSPS) is 13.5. The summed E-state index contributed by atoms with van der Waals surface area (Å²) in [6.45, 7) is 2.79. The van der Waals surface area contributed by atoms with Gasteiger partial charge in [-0.15, -0.1) is 0 Å². The van der Waals surface area contributed by atoms with Crippen LogP contribution < -0.4 is 5.32 Å². The monoisotopic (exact) mass is 293 g/mol. The number of hydrogen-bond acceptors (Lipinski definition) is 5. The number of sulfone groups is 1. The molecule has 1 heterocycles. The van der Waals surface area contributed by atoms with E-state index in [9.17, 15) is 8.42 Å². The maximum absolute atomic E-state index is 11.3. The van der Waals surface area contributed by atoms with Gasteiger partial charge in [-0.3, -0.25) is 9.97 Å². The Hall–Kier alpha value is -1.53. The summed E-state index contributed by atoms with van der Waals surface area (Å²) in [6, 6.07) is 5.88. The van der Waals surface area contributed by atoms with E-state index in [-0.39, 0.29) is 11.8 Å². The molecule has 2 rings (SSSR count). The summed E-state index contributed by atoms with van der Waals surface area (Å²) in [5.41, 5.74) is 2.71. The van der Waals surface area contributed by atoms with Crippen molar-refractivity contribution >= 4 is 20.9 Å². The molecule has 6 heteroatoms. The second-order valence-electron chi connectivity index (χ2n) is 4.83. The first-order valence-electron chi connectivity index (χ1n) is 6.61. The Morgan fingerprint density at radius 3 is 2.55 bits per heavy atom. The van der Waals surface area contributed by atoms with Gasteiger partial charge in [0.1, 0.15) is 9.84 Å². The minimum Gasteiger partial charge on any atom is -0.310 e. The molecule has 0 aliphatic carbocycles. The van der Waals surface area contributed by atoms with E-state index in [1.54, 1.807) is 12.4 Å². The lowest BCUT2D eigenvalue weighted by atomic mass is 10.0. The summed E-state index contributed by atoms with van der Waals surface area (Å²) in [5, 5.41) is 3.32. The largest absolute Gasteiger partial charge is 0.310 e. The fourth-order valence-corrected chi connectivity index (χ4v) is 2.83. The van der Waals surface area contributed by atoms with Crippen molar-refractivity contribution in [3.05, 3.63) is 36.2 Å². The third-order valence-corrected chi connectivity index (χ3v) is 4.10. The van der Waals surface area contributed by atoms with Gasteiger partial charge in [0.05, 0.1) is 16.8 Å². The number of nitrogens with zero attached hydrogens (tertiary/aromatic N) is 2. The van der Waals surface area contributed by atoms with Crippen molar-refractivity contribution in [3.63, 3.8) is 0 Å². The van der Waals surface area contributed by atoms with Gasteiger partial charge in [-0.25, -0.2) is 8.42 Å². The van der Waals surface area contributed by atoms with Crippen molar-refractivity contribution in [3.8, 4) is 0 Å². The van der Waals surface area contributed by atoms with Crippen molar-refractivity contribution in [2.75, 3.05) is 18.6 Å². The van der Waals surface area contributed by atoms with Gasteiger partial charge >= 0.3 is 0 Å². The molecule has 108 valence electrons. The molecule has 0 amide bonds. The molecule has 0 fully saturated rings. The molecule has 0 radical (unpaired) electrons. The highest BCUT2D eigenvalue weighted by Gasteiger charge is 2.14. The van der Waals surface area contributed by atoms with Crippen LogP contribution in [-0.2, 0) is 9.84 Å². The Labute approximate surface area is 119 Å². The first kappa shape index (κ1) is 14.9. The van der Waals surface area contributed by atoms with Gasteiger partial charge in [0, 0.05) is 24.7 Å². The summed E-state index contributed by atoms with van der Waals surface area (Å²) in [5.74, 6) is 0.170. The van der Waals surface area contributed by atoms with E-state index in [1.165, 1.54) is 6.26 Å². The number of nitrogens with one attached hydrogen (secondary N) is 1. The molecule has 1 aromatic heterocycles. The Bertz CT molecular complexity index is 686. The average Bonchev–Trinajstić information content (AvgIpc) is 2.42. The molecule has 2 aromatic rings. The quantitative estimate of drug-likeness (QED) is 0.878. The first-order valence-corrected chi connectivity index (χ1v) is 8.67. The van der Waals surface area contributed by atoms with Crippen LogP contribution in [0.1, 0.15) is 24.9 Å². The molecular weight excluding hydrogens is 274 g/mol. The third-order valence-electron chi connectivity index (χ3n) is 3.12. The minimum atomic E-state index is -2.96. The van der Waals surface area contributed by atoms with Gasteiger partial charge in [0.15, 0.2) is 0 Å². The highest BCUT2D eigenvalue weighted by Crippen LogP contribution is 2.21. The van der Waals surface area contributed by atoms with E-state index < -0.39 is 9.84 Å². The van der Waals surface area contributed by atoms with E-state index in [4.69, 9.17) is 0 Å². The van der Waals surface area contributed by atoms with E-state index in [0.717, 1.165) is 23.1 Å². The Kier molecular flexibility index (Phi) is 4.67. The number of rotatable bonds is 6. The third kappa shape index (κ3) is 3.98. The zero-order chi connectivity index (χ0) is 14.6. The van der Waals surface area contributed by atoms with Crippen LogP contribution >= 0.6 is 0 Å². The summed E-state index contributed by atoms with van der Waals surface area (Å²) < 4.78 is 22.7. The lowest BCUT2D eigenvalue weighted by Gasteiger charge is -2.18. The highest BCUT2D eigenvalue weighted by molar-refractivity contribution is 7.90. The minimum absolute atomic E-state index is 0.0149. The van der Waals surface area contributed by atoms with Gasteiger partial charge in [0.2, 0.25) is 0 Å². The van der Waals surface area contributed by atoms with Crippen LogP contribution in [0.15, 0.2) is 30.6 Å². The number of aromatic nitrogens is 2. The molecule has 5 nitrogen and oxygen atoms in total. The van der Waals surface area contributed by atoms with Crippen LogP contribution in [0.2, 0.25) is 0 Å². The van der Waals surface area contributed by atoms with E-state index in [1.807, 2.05) is 25.1 Å². The van der Waals surface area contributed by atoms with Gasteiger partial charge in [0.25, 0.3) is 0 Å². The molecule has 1 aromatic carbocycles. The predicted octanol–water partition coefficient (Wildman–Crippen LogP) is 1.72. The Balaban J connectivity index is 2.26. The molecule has 1 N–H and O–H groups in total. The first-order chi connectivity index (χ1) is 9.49. The summed E-state index contributed by atoms with van der Waals surface area (Å²) in [4.78, 5) is 8.52. The van der Waals surface area contributed by atoms with E-state index in [2.05, 4.69) is 15.3 Å². The summed E-state index contributed by atoms with van der Waals surface area (Å²) in [7, 11) is -2.96. The molecule has 0 bridgehead atoms. The van der Waals surface area contributed by atoms with Gasteiger partial charge < -0.3 is 5.32 Å². The van der Waals surface area contributed by atoms with Crippen molar-refractivity contribution in [2.24, 2.45) is 0 Å². The molecule has 1 atom stereocenters. The van der Waals surface area contributed by atoms with Crippen LogP contribution in [0, 0.1) is 0 Å². The highest BCUT2D eigenvalue weighted by atomic mass is 32.2. The molecule has 0 saturated heterocycles. The topological polar surface area (TPSA) is 72.0 Å². The zero-order valence-corrected chi connectivity index (χ0v) is 12.5. The molecule has 0 spiro atoms. The lowest BCUT2D eigenvalue weighted by molar-refractivity contribution is 0.530. The van der Waals surface area contributed by atoms with Crippen molar-refractivity contribution < 1.29 is 8.42 Å². The van der Waals surface area contributed by atoms with Crippen LogP contribution in [0.5, 0.6) is 0 Å². The van der Waals surface area contributed by atoms with Gasteiger partial charge in [-0.05, 0) is 30.7 Å². The number of hydrogen-bond donors (Lipinski definition) is 1. The van der Waals surface area contributed by atoms with Gasteiger partial charge in [-0.1, -0.05) is 13.0 Å². The molecule has 0 saturated carbocycles. The van der Waals surface area contributed by atoms with Gasteiger partial charge in [-0.2, -0.15) is 0 Å². The molecule has 1 unspecified atom stereocenters. The Morgan fingerprint density at radius 2 is 1.90 bits per heavy atom. The van der Waals surface area contributed by atoms with Crippen molar-refractivity contribution in [1.29, 1.82) is 0 Å². The van der Waals surface area contributed by atoms with Crippen molar-refractivity contribution in [2.45, 2.75) is 19.4 Å². The van der Waals surface area contributed by atoms with E-state index in [0.29, 0.717) is 6.42 Å². The molecule has 0 aliphatic rings. The average molecular weight is 293 g/mol. The van der Waals surface area contributed by atoms with Crippen LogP contribution in [0.4, 0.5) is 0 Å². The SMILES string of the molecule is CCNC(CCS(C)(=O)=O)c1ccc2nccnc2c1. The van der Waals surface area contributed by atoms with Crippen LogP contribution in [0.25, 0.3) is 11.0 Å². The van der Waals surface area contributed by atoms with E-state index >= 15 is 0 Å². The molecule has 0 aliphatic heterocycles. The van der Waals surface area contributed by atoms with Crippen LogP contribution in [0.3, 0.4) is 0 Å². The fourth-order valence-electron chi connectivity index (χ4n) is 2.16. The Morgan fingerprint density at radius 1 is 1.20 bits per heavy atom. The fraction of sp³-hybridized carbons (Fsp3) is 0.429. The zero-order valence-electron chi connectivity index (χ0n) is 11.7. The second kappa shape index (κ2) is 6.28. The molecular formula is C14H19N3O2S. The van der Waals surface area contributed by atoms with Crippen molar-refractivity contribution in [1.82, 2.24) is 15.3 Å². The summed E-state index contributed by atoms with van der Waals surface area (Å²) in [6.07, 6.45) is 5.14. The standard InChI is InChI=1S/C14H19N3O2S/c1-3-15-12(6-9-20(2,18)19)11-4-5-13-14(10-11)17-8-7-16-13/h4-5,7-8,10,12,15H,3,6,9H2,1-2H3. The number of benzene rings is 1. The second-order valence-corrected chi connectivity index (χ2v) is 7.09. The summed E-state index contributed by atoms with van der Waals surface area (Å²) >= 11 is 0. The smallest absolute Gasteiger partial charge is 0.147 e.